The number of hydrogen-bond acceptors (Lipinski definition) is 4. The highest BCUT2D eigenvalue weighted by Crippen LogP contribution is 2.37. The molecular formula is C16H22ClN3O3. The van der Waals surface area contributed by atoms with Crippen molar-refractivity contribution in [1.82, 2.24) is 10.6 Å². The highest BCUT2D eigenvalue weighted by Gasteiger charge is 2.27. The van der Waals surface area contributed by atoms with Crippen molar-refractivity contribution in [2.75, 3.05) is 38.2 Å². The first-order chi connectivity index (χ1) is 11.1. The standard InChI is InChI=1S/C16H22ClN3O3/c1-16(3-2-4-18-9-16)10-19-15(21)20-12-8-14-13(7-11(12)17)22-5-6-23-14/h7-8,18H,2-6,9-10H2,1H3,(H2,19,20,21). The zero-order valence-corrected chi connectivity index (χ0v) is 14.0. The molecule has 1 fully saturated rings. The average molecular weight is 340 g/mol. The van der Waals surface area contributed by atoms with E-state index in [1.54, 1.807) is 12.1 Å². The van der Waals surface area contributed by atoms with E-state index in [4.69, 9.17) is 21.1 Å². The first kappa shape index (κ1) is 16.2. The number of anilines is 1. The molecule has 6 nitrogen and oxygen atoms in total. The van der Waals surface area contributed by atoms with Gasteiger partial charge in [0, 0.05) is 25.2 Å². The summed E-state index contributed by atoms with van der Waals surface area (Å²) in [6, 6.07) is 3.09. The first-order valence-electron chi connectivity index (χ1n) is 7.90. The second-order valence-corrected chi connectivity index (χ2v) is 6.78. The van der Waals surface area contributed by atoms with Crippen molar-refractivity contribution in [3.8, 4) is 11.5 Å². The van der Waals surface area contributed by atoms with Crippen LogP contribution < -0.4 is 25.4 Å². The van der Waals surface area contributed by atoms with Crippen LogP contribution in [0.1, 0.15) is 19.8 Å². The van der Waals surface area contributed by atoms with Gasteiger partial charge >= 0.3 is 6.03 Å². The summed E-state index contributed by atoms with van der Waals surface area (Å²) >= 11 is 6.19. The molecule has 2 heterocycles. The van der Waals surface area contributed by atoms with Gasteiger partial charge in [-0.15, -0.1) is 0 Å². The van der Waals surface area contributed by atoms with Crippen LogP contribution in [0.5, 0.6) is 11.5 Å². The Balaban J connectivity index is 1.59. The van der Waals surface area contributed by atoms with Crippen LogP contribution in [0.4, 0.5) is 10.5 Å². The molecule has 1 aromatic carbocycles. The van der Waals surface area contributed by atoms with Gasteiger partial charge in [0.15, 0.2) is 11.5 Å². The van der Waals surface area contributed by atoms with Crippen LogP contribution in [0.2, 0.25) is 5.02 Å². The van der Waals surface area contributed by atoms with Gasteiger partial charge in [-0.05, 0) is 24.8 Å². The minimum atomic E-state index is -0.268. The van der Waals surface area contributed by atoms with Crippen LogP contribution in [0.3, 0.4) is 0 Å². The van der Waals surface area contributed by atoms with Crippen molar-refractivity contribution in [3.63, 3.8) is 0 Å². The molecule has 23 heavy (non-hydrogen) atoms. The van der Waals surface area contributed by atoms with Gasteiger partial charge in [0.05, 0.1) is 10.7 Å². The number of nitrogens with one attached hydrogen (secondary N) is 3. The number of carbonyl (C=O) groups excluding carboxylic acids is 1. The van der Waals surface area contributed by atoms with Gasteiger partial charge < -0.3 is 25.4 Å². The van der Waals surface area contributed by atoms with Gasteiger partial charge in [-0.3, -0.25) is 0 Å². The molecule has 0 radical (unpaired) electrons. The number of hydrogen-bond donors (Lipinski definition) is 3. The molecule has 0 aromatic heterocycles. The maximum atomic E-state index is 12.1. The Labute approximate surface area is 140 Å². The number of urea groups is 1. The second kappa shape index (κ2) is 6.84. The van der Waals surface area contributed by atoms with Crippen LogP contribution in [0, 0.1) is 5.41 Å². The number of fused-ring (bicyclic) bond motifs is 1. The Morgan fingerprint density at radius 1 is 1.35 bits per heavy atom. The fourth-order valence-corrected chi connectivity index (χ4v) is 3.09. The van der Waals surface area contributed by atoms with Gasteiger partial charge in [0.2, 0.25) is 0 Å². The lowest BCUT2D eigenvalue weighted by atomic mass is 9.83. The summed E-state index contributed by atoms with van der Waals surface area (Å²) < 4.78 is 11.0. The fourth-order valence-electron chi connectivity index (χ4n) is 2.89. The Hall–Kier alpha value is -1.66. The zero-order chi connectivity index (χ0) is 16.3. The van der Waals surface area contributed by atoms with Crippen molar-refractivity contribution in [2.24, 2.45) is 5.41 Å². The van der Waals surface area contributed by atoms with Gasteiger partial charge in [-0.25, -0.2) is 4.79 Å². The van der Waals surface area contributed by atoms with Crippen molar-refractivity contribution in [1.29, 1.82) is 0 Å². The monoisotopic (exact) mass is 339 g/mol. The predicted molar refractivity (Wildman–Crippen MR) is 89.7 cm³/mol. The summed E-state index contributed by atoms with van der Waals surface area (Å²) in [7, 11) is 0. The molecule has 2 aliphatic heterocycles. The molecule has 3 N–H and O–H groups in total. The third-order valence-electron chi connectivity index (χ3n) is 4.24. The quantitative estimate of drug-likeness (QED) is 0.791. The van der Waals surface area contributed by atoms with Crippen LogP contribution >= 0.6 is 11.6 Å². The lowest BCUT2D eigenvalue weighted by Crippen LogP contribution is -2.46. The molecule has 0 bridgehead atoms. The number of ether oxygens (including phenoxy) is 2. The van der Waals surface area contributed by atoms with E-state index < -0.39 is 0 Å². The summed E-state index contributed by atoms with van der Waals surface area (Å²) in [5.74, 6) is 1.20. The number of halogens is 1. The van der Waals surface area contributed by atoms with Crippen LogP contribution in [-0.4, -0.2) is 38.9 Å². The highest BCUT2D eigenvalue weighted by molar-refractivity contribution is 6.34. The summed E-state index contributed by atoms with van der Waals surface area (Å²) in [5, 5.41) is 9.50. The molecule has 1 aromatic rings. The Bertz CT molecular complexity index is 588. The third-order valence-corrected chi connectivity index (χ3v) is 4.55. The van der Waals surface area contributed by atoms with E-state index in [0.717, 1.165) is 25.9 Å². The van der Waals surface area contributed by atoms with Gasteiger partial charge in [0.1, 0.15) is 13.2 Å². The summed E-state index contributed by atoms with van der Waals surface area (Å²) in [6.45, 7) is 5.76. The van der Waals surface area contributed by atoms with Crippen molar-refractivity contribution >= 4 is 23.3 Å². The van der Waals surface area contributed by atoms with Gasteiger partial charge in [-0.2, -0.15) is 0 Å². The summed E-state index contributed by atoms with van der Waals surface area (Å²) in [6.07, 6.45) is 2.23. The molecule has 1 unspecified atom stereocenters. The number of benzene rings is 1. The van der Waals surface area contributed by atoms with Gasteiger partial charge in [-0.1, -0.05) is 18.5 Å². The third kappa shape index (κ3) is 4.00. The van der Waals surface area contributed by atoms with Crippen molar-refractivity contribution in [2.45, 2.75) is 19.8 Å². The predicted octanol–water partition coefficient (Wildman–Crippen LogP) is 2.62. The van der Waals surface area contributed by atoms with Crippen LogP contribution in [0.25, 0.3) is 0 Å². The number of piperidine rings is 1. The molecule has 1 saturated heterocycles. The Morgan fingerprint density at radius 3 is 2.78 bits per heavy atom. The molecule has 3 rings (SSSR count). The van der Waals surface area contributed by atoms with E-state index in [9.17, 15) is 4.79 Å². The molecule has 1 atom stereocenters. The van der Waals surface area contributed by atoms with Crippen molar-refractivity contribution in [3.05, 3.63) is 17.2 Å². The van der Waals surface area contributed by atoms with Gasteiger partial charge in [0.25, 0.3) is 0 Å². The smallest absolute Gasteiger partial charge is 0.319 e. The molecule has 2 amide bonds. The van der Waals surface area contributed by atoms with E-state index >= 15 is 0 Å². The number of amides is 2. The summed E-state index contributed by atoms with van der Waals surface area (Å²) in [5.41, 5.74) is 0.604. The minimum Gasteiger partial charge on any atom is -0.486 e. The molecule has 0 spiro atoms. The highest BCUT2D eigenvalue weighted by atomic mass is 35.5. The second-order valence-electron chi connectivity index (χ2n) is 6.37. The first-order valence-corrected chi connectivity index (χ1v) is 8.28. The fraction of sp³-hybridized carbons (Fsp3) is 0.562. The topological polar surface area (TPSA) is 71.6 Å². The SMILES string of the molecule is CC1(CNC(=O)Nc2cc3c(cc2Cl)OCCO3)CCCNC1. The van der Waals surface area contributed by atoms with E-state index in [1.807, 2.05) is 0 Å². The van der Waals surface area contributed by atoms with Crippen LogP contribution in [-0.2, 0) is 0 Å². The Morgan fingerprint density at radius 2 is 2.09 bits per heavy atom. The van der Waals surface area contributed by atoms with Crippen molar-refractivity contribution < 1.29 is 14.3 Å². The molecular weight excluding hydrogens is 318 g/mol. The Kier molecular flexibility index (Phi) is 4.82. The lowest BCUT2D eigenvalue weighted by molar-refractivity contribution is 0.171. The summed E-state index contributed by atoms with van der Waals surface area (Å²) in [4.78, 5) is 12.1. The maximum Gasteiger partial charge on any atom is 0.319 e. The number of carbonyl (C=O) groups is 1. The van der Waals surface area contributed by atoms with E-state index in [1.165, 1.54) is 0 Å². The van der Waals surface area contributed by atoms with E-state index in [-0.39, 0.29) is 11.4 Å². The zero-order valence-electron chi connectivity index (χ0n) is 13.2. The largest absolute Gasteiger partial charge is 0.486 e. The van der Waals surface area contributed by atoms with E-state index in [0.29, 0.717) is 42.0 Å². The normalized spacial score (nSPS) is 23.2. The lowest BCUT2D eigenvalue weighted by Gasteiger charge is -2.34. The minimum absolute atomic E-state index is 0.0895. The molecule has 0 aliphatic carbocycles. The molecule has 126 valence electrons. The number of rotatable bonds is 3. The molecule has 0 saturated carbocycles. The molecule has 2 aliphatic rings. The average Bonchev–Trinajstić information content (AvgIpc) is 2.54. The molecule has 7 heteroatoms. The van der Waals surface area contributed by atoms with E-state index in [2.05, 4.69) is 22.9 Å². The van der Waals surface area contributed by atoms with Crippen LogP contribution in [0.15, 0.2) is 12.1 Å². The maximum absolute atomic E-state index is 12.1.